The smallest absolute Gasteiger partial charge is 0.262 e. The van der Waals surface area contributed by atoms with Crippen molar-refractivity contribution < 1.29 is 14.7 Å². The molecule has 1 fully saturated rings. The zero-order chi connectivity index (χ0) is 16.9. The van der Waals surface area contributed by atoms with E-state index in [1.807, 2.05) is 24.3 Å². The molecule has 2 aliphatic rings. The first kappa shape index (κ1) is 15.5. The van der Waals surface area contributed by atoms with Crippen molar-refractivity contribution in [2.24, 2.45) is 5.92 Å². The second-order valence-corrected chi connectivity index (χ2v) is 7.40. The number of aliphatic hydroxyl groups is 1. The minimum absolute atomic E-state index is 0.0709. The molecule has 0 saturated heterocycles. The molecule has 1 aliphatic carbocycles. The van der Waals surface area contributed by atoms with Crippen molar-refractivity contribution in [2.45, 2.75) is 18.4 Å². The van der Waals surface area contributed by atoms with Crippen LogP contribution in [0, 0.1) is 5.92 Å². The van der Waals surface area contributed by atoms with Gasteiger partial charge in [-0.3, -0.25) is 14.5 Å². The van der Waals surface area contributed by atoms with Crippen LogP contribution >= 0.6 is 15.9 Å². The Hall–Kier alpha value is -1.98. The Morgan fingerprint density at radius 1 is 1.00 bits per heavy atom. The van der Waals surface area contributed by atoms with Gasteiger partial charge in [0.05, 0.1) is 16.7 Å². The average Bonchev–Trinajstić information content (AvgIpc) is 2.81. The summed E-state index contributed by atoms with van der Waals surface area (Å²) >= 11 is 3.42. The Labute approximate surface area is 148 Å². The molecule has 0 spiro atoms. The molecule has 1 heterocycles. The number of hydrogen-bond donors (Lipinski definition) is 1. The molecule has 1 aliphatic heterocycles. The molecule has 0 radical (unpaired) electrons. The molecule has 0 atom stereocenters. The third-order valence-corrected chi connectivity index (χ3v) is 5.64. The van der Waals surface area contributed by atoms with E-state index >= 15 is 0 Å². The molecule has 5 heteroatoms. The monoisotopic (exact) mass is 385 g/mol. The standard InChI is InChI=1S/C19H16BrNO3/c20-14-7-5-13(6-8-14)19(9-12(10-19)11-22)21-17(23)15-3-1-2-4-16(15)18(21)24/h1-8,12,22H,9-11H2/t12-,19-. The van der Waals surface area contributed by atoms with Gasteiger partial charge in [0.2, 0.25) is 0 Å². The predicted molar refractivity (Wildman–Crippen MR) is 92.6 cm³/mol. The van der Waals surface area contributed by atoms with Crippen LogP contribution in [0.1, 0.15) is 39.1 Å². The van der Waals surface area contributed by atoms with Crippen molar-refractivity contribution in [1.29, 1.82) is 0 Å². The molecular weight excluding hydrogens is 370 g/mol. The van der Waals surface area contributed by atoms with Crippen LogP contribution in [0.3, 0.4) is 0 Å². The number of carbonyl (C=O) groups excluding carboxylic acids is 2. The van der Waals surface area contributed by atoms with Crippen LogP contribution in [0.2, 0.25) is 0 Å². The maximum Gasteiger partial charge on any atom is 0.262 e. The molecular formula is C19H16BrNO3. The van der Waals surface area contributed by atoms with Gasteiger partial charge in [-0.25, -0.2) is 0 Å². The van der Waals surface area contributed by atoms with E-state index in [2.05, 4.69) is 15.9 Å². The van der Waals surface area contributed by atoms with Gasteiger partial charge in [-0.05, 0) is 48.6 Å². The maximum absolute atomic E-state index is 12.9. The van der Waals surface area contributed by atoms with Crippen molar-refractivity contribution in [1.82, 2.24) is 4.90 Å². The maximum atomic E-state index is 12.9. The summed E-state index contributed by atoms with van der Waals surface area (Å²) in [5.74, 6) is -0.372. The number of rotatable bonds is 3. The van der Waals surface area contributed by atoms with E-state index in [1.165, 1.54) is 4.90 Å². The summed E-state index contributed by atoms with van der Waals surface area (Å²) in [4.78, 5) is 27.2. The minimum atomic E-state index is -0.665. The first-order valence-electron chi connectivity index (χ1n) is 7.91. The molecule has 2 amide bonds. The highest BCUT2D eigenvalue weighted by molar-refractivity contribution is 9.10. The zero-order valence-corrected chi connectivity index (χ0v) is 14.5. The van der Waals surface area contributed by atoms with Crippen LogP contribution in [-0.4, -0.2) is 28.4 Å². The molecule has 4 rings (SSSR count). The number of imide groups is 1. The summed E-state index contributed by atoms with van der Waals surface area (Å²) in [6, 6.07) is 14.7. The normalized spacial score (nSPS) is 25.6. The van der Waals surface area contributed by atoms with E-state index in [1.54, 1.807) is 24.3 Å². The van der Waals surface area contributed by atoms with Gasteiger partial charge in [0.15, 0.2) is 0 Å². The highest BCUT2D eigenvalue weighted by Gasteiger charge is 2.56. The fourth-order valence-electron chi connectivity index (χ4n) is 3.91. The molecule has 2 aromatic rings. The van der Waals surface area contributed by atoms with Gasteiger partial charge in [-0.15, -0.1) is 0 Å². The van der Waals surface area contributed by atoms with Gasteiger partial charge < -0.3 is 5.11 Å². The largest absolute Gasteiger partial charge is 0.396 e. The summed E-state index contributed by atoms with van der Waals surface area (Å²) in [5, 5.41) is 9.46. The van der Waals surface area contributed by atoms with Crippen LogP contribution in [-0.2, 0) is 5.54 Å². The van der Waals surface area contributed by atoms with Crippen molar-refractivity contribution in [3.63, 3.8) is 0 Å². The van der Waals surface area contributed by atoms with Crippen LogP contribution in [0.5, 0.6) is 0 Å². The van der Waals surface area contributed by atoms with Crippen molar-refractivity contribution in [2.75, 3.05) is 6.61 Å². The molecule has 0 bridgehead atoms. The summed E-state index contributed by atoms with van der Waals surface area (Å²) in [6.07, 6.45) is 1.19. The lowest BCUT2D eigenvalue weighted by Gasteiger charge is -2.52. The Kier molecular flexibility index (Phi) is 3.58. The van der Waals surface area contributed by atoms with Crippen LogP contribution in [0.4, 0.5) is 0 Å². The third-order valence-electron chi connectivity index (χ3n) is 5.11. The molecule has 4 nitrogen and oxygen atoms in total. The van der Waals surface area contributed by atoms with Crippen LogP contribution < -0.4 is 0 Å². The van der Waals surface area contributed by atoms with Crippen LogP contribution in [0.15, 0.2) is 53.0 Å². The number of hydrogen-bond acceptors (Lipinski definition) is 3. The Morgan fingerprint density at radius 3 is 2.04 bits per heavy atom. The van der Waals surface area contributed by atoms with Gasteiger partial charge in [-0.1, -0.05) is 40.2 Å². The topological polar surface area (TPSA) is 57.6 Å². The lowest BCUT2D eigenvalue weighted by molar-refractivity contribution is -0.0217. The third kappa shape index (κ3) is 2.08. The Balaban J connectivity index is 1.80. The molecule has 24 heavy (non-hydrogen) atoms. The second-order valence-electron chi connectivity index (χ2n) is 6.49. The molecule has 0 aromatic heterocycles. The Bertz CT molecular complexity index is 790. The number of fused-ring (bicyclic) bond motifs is 1. The molecule has 1 saturated carbocycles. The SMILES string of the molecule is O=C1c2ccccc2C(=O)N1[C@]1(c2ccc(Br)cc2)C[C@@H](CO)C1. The fourth-order valence-corrected chi connectivity index (χ4v) is 4.17. The van der Waals surface area contributed by atoms with E-state index in [-0.39, 0.29) is 24.3 Å². The molecule has 2 aromatic carbocycles. The van der Waals surface area contributed by atoms with Crippen molar-refractivity contribution in [3.05, 3.63) is 69.7 Å². The summed E-state index contributed by atoms with van der Waals surface area (Å²) in [6.45, 7) is 0.0709. The second kappa shape index (κ2) is 5.53. The summed E-state index contributed by atoms with van der Waals surface area (Å²) < 4.78 is 0.946. The number of carbonyl (C=O) groups is 2. The van der Waals surface area contributed by atoms with Crippen molar-refractivity contribution in [3.8, 4) is 0 Å². The lowest BCUT2D eigenvalue weighted by Crippen LogP contribution is -2.57. The molecule has 0 unspecified atom stereocenters. The van der Waals surface area contributed by atoms with Gasteiger partial charge in [0, 0.05) is 11.1 Å². The summed E-state index contributed by atoms with van der Waals surface area (Å²) in [5.41, 5.74) is 1.20. The van der Waals surface area contributed by atoms with Gasteiger partial charge in [0.25, 0.3) is 11.8 Å². The number of nitrogens with zero attached hydrogens (tertiary/aromatic N) is 1. The van der Waals surface area contributed by atoms with E-state index in [9.17, 15) is 14.7 Å². The lowest BCUT2D eigenvalue weighted by atomic mass is 9.64. The zero-order valence-electron chi connectivity index (χ0n) is 12.9. The first-order chi connectivity index (χ1) is 11.6. The number of halogens is 1. The average molecular weight is 386 g/mol. The van der Waals surface area contributed by atoms with E-state index in [0.717, 1.165) is 10.0 Å². The highest BCUT2D eigenvalue weighted by atomic mass is 79.9. The number of amides is 2. The molecule has 1 N–H and O–H groups in total. The fraction of sp³-hybridized carbons (Fsp3) is 0.263. The Morgan fingerprint density at radius 2 is 1.54 bits per heavy atom. The van der Waals surface area contributed by atoms with Gasteiger partial charge >= 0.3 is 0 Å². The summed E-state index contributed by atoms with van der Waals surface area (Å²) in [7, 11) is 0. The van der Waals surface area contributed by atoms with Gasteiger partial charge in [0.1, 0.15) is 0 Å². The first-order valence-corrected chi connectivity index (χ1v) is 8.71. The van der Waals surface area contributed by atoms with Gasteiger partial charge in [-0.2, -0.15) is 0 Å². The predicted octanol–water partition coefficient (Wildman–Crippen LogP) is 3.34. The number of aliphatic hydroxyl groups excluding tert-OH is 1. The van der Waals surface area contributed by atoms with E-state index < -0.39 is 5.54 Å². The quantitative estimate of drug-likeness (QED) is 0.824. The van der Waals surface area contributed by atoms with E-state index in [4.69, 9.17) is 0 Å². The molecule has 122 valence electrons. The number of benzene rings is 2. The minimum Gasteiger partial charge on any atom is -0.396 e. The van der Waals surface area contributed by atoms with Crippen molar-refractivity contribution >= 4 is 27.7 Å². The van der Waals surface area contributed by atoms with Crippen LogP contribution in [0.25, 0.3) is 0 Å². The highest BCUT2D eigenvalue weighted by Crippen LogP contribution is 2.52. The van der Waals surface area contributed by atoms with E-state index in [0.29, 0.717) is 24.0 Å².